The first-order chi connectivity index (χ1) is 9.10. The summed E-state index contributed by atoms with van der Waals surface area (Å²) in [6, 6.07) is 16.4. The van der Waals surface area contributed by atoms with Crippen LogP contribution in [-0.2, 0) is 16.4 Å². The van der Waals surface area contributed by atoms with E-state index in [1.165, 1.54) is 0 Å². The lowest BCUT2D eigenvalue weighted by molar-refractivity contribution is -0.00944. The van der Waals surface area contributed by atoms with Gasteiger partial charge in [0.15, 0.2) is 0 Å². The maximum absolute atomic E-state index is 12.4. The van der Waals surface area contributed by atoms with Crippen LogP contribution in [0.1, 0.15) is 12.5 Å². The van der Waals surface area contributed by atoms with Gasteiger partial charge in [0, 0.05) is 0 Å². The van der Waals surface area contributed by atoms with Gasteiger partial charge in [-0.1, -0.05) is 42.5 Å². The van der Waals surface area contributed by atoms with E-state index in [-0.39, 0.29) is 0 Å². The first kappa shape index (κ1) is 12.4. The normalized spacial score (nSPS) is 24.3. The molecule has 0 saturated heterocycles. The summed E-state index contributed by atoms with van der Waals surface area (Å²) < 4.78 is 18.1. The molecule has 3 nitrogen and oxygen atoms in total. The Balaban J connectivity index is 1.99. The molecule has 1 heterocycles. The van der Waals surface area contributed by atoms with Crippen molar-refractivity contribution in [3.8, 4) is 5.75 Å². The van der Waals surface area contributed by atoms with Crippen LogP contribution in [-0.4, -0.2) is 14.8 Å². The highest BCUT2D eigenvalue weighted by molar-refractivity contribution is 7.86. The lowest BCUT2D eigenvalue weighted by atomic mass is 9.97. The third-order valence-electron chi connectivity index (χ3n) is 3.31. The lowest BCUT2D eigenvalue weighted by Gasteiger charge is -2.28. The summed E-state index contributed by atoms with van der Waals surface area (Å²) in [4.78, 5) is 0.642. The molecule has 0 saturated carbocycles. The van der Waals surface area contributed by atoms with Crippen molar-refractivity contribution in [1.29, 1.82) is 0 Å². The highest BCUT2D eigenvalue weighted by Gasteiger charge is 2.45. The first-order valence-electron chi connectivity index (χ1n) is 6.05. The number of hydrogen-bond donors (Lipinski definition) is 1. The third-order valence-corrected chi connectivity index (χ3v) is 5.03. The van der Waals surface area contributed by atoms with Gasteiger partial charge in [-0.05, 0) is 24.6 Å². The Morgan fingerprint density at radius 2 is 1.74 bits per heavy atom. The lowest BCUT2D eigenvalue weighted by Crippen LogP contribution is -2.41. The van der Waals surface area contributed by atoms with Crippen molar-refractivity contribution >= 4 is 10.8 Å². The van der Waals surface area contributed by atoms with Crippen LogP contribution < -0.4 is 4.74 Å². The van der Waals surface area contributed by atoms with Crippen molar-refractivity contribution in [3.63, 3.8) is 0 Å². The van der Waals surface area contributed by atoms with Crippen molar-refractivity contribution < 1.29 is 14.1 Å². The quantitative estimate of drug-likeness (QED) is 0.915. The average Bonchev–Trinajstić information content (AvgIpc) is 2.78. The van der Waals surface area contributed by atoms with Crippen LogP contribution >= 0.6 is 0 Å². The molecule has 0 fully saturated rings. The van der Waals surface area contributed by atoms with Gasteiger partial charge in [0.25, 0.3) is 0 Å². The van der Waals surface area contributed by atoms with Gasteiger partial charge in [-0.2, -0.15) is 0 Å². The van der Waals surface area contributed by atoms with Crippen molar-refractivity contribution in [2.75, 3.05) is 0 Å². The smallest absolute Gasteiger partial charge is 0.210 e. The second-order valence-corrected chi connectivity index (χ2v) is 6.17. The molecule has 1 N–H and O–H groups in total. The van der Waals surface area contributed by atoms with Crippen LogP contribution in [0.15, 0.2) is 59.5 Å². The number of benzene rings is 2. The van der Waals surface area contributed by atoms with Crippen LogP contribution in [0.3, 0.4) is 0 Å². The predicted molar refractivity (Wildman–Crippen MR) is 73.3 cm³/mol. The van der Waals surface area contributed by atoms with E-state index < -0.39 is 21.8 Å². The predicted octanol–water partition coefficient (Wildman–Crippen LogP) is 2.42. The highest BCUT2D eigenvalue weighted by atomic mass is 32.2. The fraction of sp³-hybridized carbons (Fsp3) is 0.200. The Morgan fingerprint density at radius 1 is 1.11 bits per heavy atom. The minimum Gasteiger partial charge on any atom is -0.472 e. The van der Waals surface area contributed by atoms with Crippen LogP contribution in [0.2, 0.25) is 0 Å². The molecular formula is C15H14O3S. The molecule has 98 valence electrons. The van der Waals surface area contributed by atoms with E-state index in [4.69, 9.17) is 4.74 Å². The minimum absolute atomic E-state index is 0.585. The van der Waals surface area contributed by atoms with Crippen molar-refractivity contribution in [3.05, 3.63) is 60.2 Å². The van der Waals surface area contributed by atoms with E-state index in [2.05, 4.69) is 0 Å². The van der Waals surface area contributed by atoms with Gasteiger partial charge >= 0.3 is 0 Å². The molecule has 0 radical (unpaired) electrons. The molecule has 0 spiro atoms. The second-order valence-electron chi connectivity index (χ2n) is 4.71. The number of aliphatic hydroxyl groups is 1. The largest absolute Gasteiger partial charge is 0.472 e. The SMILES string of the molecule is C[C@](O)(c1ccccc1)[C@@H]1Oc2ccccc2S1=O. The molecule has 0 aliphatic carbocycles. The van der Waals surface area contributed by atoms with Gasteiger partial charge < -0.3 is 9.84 Å². The number of rotatable bonds is 2. The van der Waals surface area contributed by atoms with E-state index in [1.54, 1.807) is 19.1 Å². The zero-order chi connectivity index (χ0) is 13.5. The van der Waals surface area contributed by atoms with Crippen LogP contribution in [0.4, 0.5) is 0 Å². The van der Waals surface area contributed by atoms with E-state index in [9.17, 15) is 9.32 Å². The molecule has 2 aromatic rings. The van der Waals surface area contributed by atoms with E-state index >= 15 is 0 Å². The average molecular weight is 274 g/mol. The second kappa shape index (κ2) is 4.47. The molecule has 1 unspecified atom stereocenters. The summed E-state index contributed by atoms with van der Waals surface area (Å²) in [5.74, 6) is 0.585. The van der Waals surface area contributed by atoms with E-state index in [0.717, 1.165) is 0 Å². The van der Waals surface area contributed by atoms with Crippen LogP contribution in [0.5, 0.6) is 5.75 Å². The molecule has 1 aliphatic heterocycles. The Labute approximate surface area is 114 Å². The maximum atomic E-state index is 12.4. The topological polar surface area (TPSA) is 46.5 Å². The number of para-hydroxylation sites is 1. The Kier molecular flexibility index (Phi) is 2.92. The fourth-order valence-corrected chi connectivity index (χ4v) is 3.72. The molecule has 3 atom stereocenters. The zero-order valence-corrected chi connectivity index (χ0v) is 11.3. The monoisotopic (exact) mass is 274 g/mol. The summed E-state index contributed by atoms with van der Waals surface area (Å²) in [5.41, 5.74) is -1.39. The highest BCUT2D eigenvalue weighted by Crippen LogP contribution is 2.40. The summed E-state index contributed by atoms with van der Waals surface area (Å²) >= 11 is 0. The maximum Gasteiger partial charge on any atom is 0.210 e. The molecular weight excluding hydrogens is 260 g/mol. The summed E-state index contributed by atoms with van der Waals surface area (Å²) in [7, 11) is -1.38. The molecule has 4 heteroatoms. The minimum atomic E-state index is -1.38. The number of ether oxygens (including phenoxy) is 1. The third kappa shape index (κ3) is 1.97. The number of fused-ring (bicyclic) bond motifs is 1. The fourth-order valence-electron chi connectivity index (χ4n) is 2.22. The summed E-state index contributed by atoms with van der Waals surface area (Å²) in [5, 5.41) is 10.7. The molecule has 1 aliphatic rings. The van der Waals surface area contributed by atoms with Gasteiger partial charge in [-0.3, -0.25) is 4.21 Å². The molecule has 3 rings (SSSR count). The van der Waals surface area contributed by atoms with Crippen molar-refractivity contribution in [2.24, 2.45) is 0 Å². The summed E-state index contributed by atoms with van der Waals surface area (Å²) in [6.07, 6.45) is 0. The Morgan fingerprint density at radius 3 is 2.42 bits per heavy atom. The van der Waals surface area contributed by atoms with Gasteiger partial charge in [-0.15, -0.1) is 0 Å². The van der Waals surface area contributed by atoms with Crippen LogP contribution in [0, 0.1) is 0 Å². The van der Waals surface area contributed by atoms with Gasteiger partial charge in [0.2, 0.25) is 5.44 Å². The van der Waals surface area contributed by atoms with E-state index in [0.29, 0.717) is 16.2 Å². The standard InChI is InChI=1S/C15H14O3S/c1-15(16,11-7-3-2-4-8-11)14-18-12-9-5-6-10-13(12)19(14)17/h2-10,14,16H,1H3/t14-,15+,19?/m1/s1. The molecule has 0 aromatic heterocycles. The number of hydrogen-bond acceptors (Lipinski definition) is 3. The van der Waals surface area contributed by atoms with E-state index in [1.807, 2.05) is 42.5 Å². The van der Waals surface area contributed by atoms with Crippen molar-refractivity contribution in [1.82, 2.24) is 0 Å². The molecule has 0 bridgehead atoms. The van der Waals surface area contributed by atoms with Crippen LogP contribution in [0.25, 0.3) is 0 Å². The Hall–Kier alpha value is -1.65. The molecule has 19 heavy (non-hydrogen) atoms. The summed E-state index contributed by atoms with van der Waals surface area (Å²) in [6.45, 7) is 1.64. The molecule has 2 aromatic carbocycles. The van der Waals surface area contributed by atoms with Gasteiger partial charge in [0.05, 0.1) is 4.90 Å². The van der Waals surface area contributed by atoms with Crippen molar-refractivity contribution in [2.45, 2.75) is 22.9 Å². The van der Waals surface area contributed by atoms with Gasteiger partial charge in [0.1, 0.15) is 22.2 Å². The first-order valence-corrected chi connectivity index (χ1v) is 7.26. The zero-order valence-electron chi connectivity index (χ0n) is 10.4. The van der Waals surface area contributed by atoms with Gasteiger partial charge in [-0.25, -0.2) is 0 Å². The Bertz CT molecular complexity index is 622. The molecule has 0 amide bonds.